The fraction of sp³-hybridized carbons (Fsp3) is 0.250. The van der Waals surface area contributed by atoms with Gasteiger partial charge in [0, 0.05) is 18.7 Å². The number of rotatable bonds is 4. The first kappa shape index (κ1) is 16.9. The summed E-state index contributed by atoms with van der Waals surface area (Å²) < 4.78 is 1.67. The van der Waals surface area contributed by atoms with E-state index < -0.39 is 0 Å². The standard InChI is InChI=1S/C20H21N3O2/c1-4-23-18-10-9-15(11-17(18)22-14(3)20(23)25)19(24)21-12-16-8-6-5-7-13(16)2/h5-11H,4,12H2,1-3H3,(H,21,24). The number of amides is 1. The average Bonchev–Trinajstić information content (AvgIpc) is 2.61. The van der Waals surface area contributed by atoms with Gasteiger partial charge in [0.2, 0.25) is 0 Å². The summed E-state index contributed by atoms with van der Waals surface area (Å²) >= 11 is 0. The van der Waals surface area contributed by atoms with E-state index in [2.05, 4.69) is 10.3 Å². The second-order valence-corrected chi connectivity index (χ2v) is 6.06. The summed E-state index contributed by atoms with van der Waals surface area (Å²) in [7, 11) is 0. The molecule has 0 aliphatic rings. The third kappa shape index (κ3) is 3.31. The smallest absolute Gasteiger partial charge is 0.272 e. The summed E-state index contributed by atoms with van der Waals surface area (Å²) in [5, 5.41) is 2.94. The van der Waals surface area contributed by atoms with E-state index >= 15 is 0 Å². The van der Waals surface area contributed by atoms with Gasteiger partial charge in [0.05, 0.1) is 11.0 Å². The van der Waals surface area contributed by atoms with Gasteiger partial charge in [0.1, 0.15) is 5.69 Å². The summed E-state index contributed by atoms with van der Waals surface area (Å²) in [5.41, 5.74) is 4.51. The number of nitrogens with one attached hydrogen (secondary N) is 1. The molecule has 0 bridgehead atoms. The van der Waals surface area contributed by atoms with Crippen molar-refractivity contribution in [2.45, 2.75) is 33.9 Å². The van der Waals surface area contributed by atoms with Crippen LogP contribution >= 0.6 is 0 Å². The van der Waals surface area contributed by atoms with Gasteiger partial charge in [-0.15, -0.1) is 0 Å². The molecule has 3 rings (SSSR count). The van der Waals surface area contributed by atoms with Crippen LogP contribution in [-0.2, 0) is 13.1 Å². The molecule has 5 nitrogen and oxygen atoms in total. The molecule has 5 heteroatoms. The fourth-order valence-corrected chi connectivity index (χ4v) is 2.92. The van der Waals surface area contributed by atoms with Gasteiger partial charge in [-0.3, -0.25) is 9.59 Å². The normalized spacial score (nSPS) is 10.8. The number of hydrogen-bond donors (Lipinski definition) is 1. The highest BCUT2D eigenvalue weighted by Crippen LogP contribution is 2.14. The minimum absolute atomic E-state index is 0.0910. The number of carbonyl (C=O) groups excluding carboxylic acids is 1. The molecular formula is C20H21N3O2. The Morgan fingerprint density at radius 1 is 1.16 bits per heavy atom. The van der Waals surface area contributed by atoms with E-state index in [-0.39, 0.29) is 11.5 Å². The fourth-order valence-electron chi connectivity index (χ4n) is 2.92. The van der Waals surface area contributed by atoms with E-state index in [4.69, 9.17) is 0 Å². The summed E-state index contributed by atoms with van der Waals surface area (Å²) in [6.45, 7) is 6.68. The van der Waals surface area contributed by atoms with Gasteiger partial charge in [0.15, 0.2) is 0 Å². The van der Waals surface area contributed by atoms with Crippen LogP contribution in [0.3, 0.4) is 0 Å². The average molecular weight is 335 g/mol. The number of aryl methyl sites for hydroxylation is 3. The number of fused-ring (bicyclic) bond motifs is 1. The summed E-state index contributed by atoms with van der Waals surface area (Å²) in [6, 6.07) is 13.2. The van der Waals surface area contributed by atoms with E-state index in [0.717, 1.165) is 16.6 Å². The van der Waals surface area contributed by atoms with Crippen molar-refractivity contribution in [1.82, 2.24) is 14.9 Å². The maximum atomic E-state index is 12.5. The molecule has 0 saturated heterocycles. The van der Waals surface area contributed by atoms with Gasteiger partial charge in [-0.2, -0.15) is 0 Å². The van der Waals surface area contributed by atoms with Crippen LogP contribution in [0.1, 0.15) is 34.1 Å². The molecule has 0 aliphatic heterocycles. The van der Waals surface area contributed by atoms with Crippen molar-refractivity contribution in [2.24, 2.45) is 0 Å². The molecule has 0 aliphatic carbocycles. The van der Waals surface area contributed by atoms with Crippen molar-refractivity contribution in [3.63, 3.8) is 0 Å². The molecule has 2 aromatic carbocycles. The molecule has 1 amide bonds. The maximum Gasteiger partial charge on any atom is 0.272 e. The molecular weight excluding hydrogens is 314 g/mol. The molecule has 0 radical (unpaired) electrons. The van der Waals surface area contributed by atoms with Gasteiger partial charge in [-0.1, -0.05) is 24.3 Å². The molecule has 0 spiro atoms. The molecule has 1 aromatic heterocycles. The Morgan fingerprint density at radius 2 is 1.92 bits per heavy atom. The lowest BCUT2D eigenvalue weighted by atomic mass is 10.1. The first-order valence-corrected chi connectivity index (χ1v) is 8.35. The quantitative estimate of drug-likeness (QED) is 0.797. The van der Waals surface area contributed by atoms with Crippen LogP contribution in [0, 0.1) is 13.8 Å². The molecule has 1 heterocycles. The van der Waals surface area contributed by atoms with Crippen LogP contribution in [-0.4, -0.2) is 15.5 Å². The van der Waals surface area contributed by atoms with E-state index in [1.165, 1.54) is 0 Å². The molecule has 1 N–H and O–H groups in total. The van der Waals surface area contributed by atoms with Crippen molar-refractivity contribution >= 4 is 16.9 Å². The zero-order valence-corrected chi connectivity index (χ0v) is 14.7. The Labute approximate surface area is 146 Å². The van der Waals surface area contributed by atoms with Crippen LogP contribution in [0.5, 0.6) is 0 Å². The SMILES string of the molecule is CCn1c(=O)c(C)nc2cc(C(=O)NCc3ccccc3C)ccc21. The number of hydrogen-bond acceptors (Lipinski definition) is 3. The largest absolute Gasteiger partial charge is 0.348 e. The molecule has 0 saturated carbocycles. The molecule has 0 atom stereocenters. The van der Waals surface area contributed by atoms with Crippen molar-refractivity contribution in [1.29, 1.82) is 0 Å². The van der Waals surface area contributed by atoms with Crippen molar-refractivity contribution in [3.05, 3.63) is 75.2 Å². The molecule has 25 heavy (non-hydrogen) atoms. The van der Waals surface area contributed by atoms with E-state index in [0.29, 0.717) is 29.9 Å². The third-order valence-electron chi connectivity index (χ3n) is 4.39. The summed E-state index contributed by atoms with van der Waals surface area (Å²) in [6.07, 6.45) is 0. The van der Waals surface area contributed by atoms with Crippen molar-refractivity contribution < 1.29 is 4.79 Å². The van der Waals surface area contributed by atoms with Crippen molar-refractivity contribution in [2.75, 3.05) is 0 Å². The highest BCUT2D eigenvalue weighted by Gasteiger charge is 2.11. The van der Waals surface area contributed by atoms with Gasteiger partial charge in [-0.05, 0) is 50.1 Å². The van der Waals surface area contributed by atoms with Gasteiger partial charge in [-0.25, -0.2) is 4.98 Å². The minimum Gasteiger partial charge on any atom is -0.348 e. The van der Waals surface area contributed by atoms with Crippen molar-refractivity contribution in [3.8, 4) is 0 Å². The predicted octanol–water partition coefficient (Wildman–Crippen LogP) is 2.96. The highest BCUT2D eigenvalue weighted by molar-refractivity contribution is 5.97. The van der Waals surface area contributed by atoms with Crippen LogP contribution in [0.15, 0.2) is 47.3 Å². The number of carbonyl (C=O) groups is 1. The molecule has 3 aromatic rings. The second kappa shape index (κ2) is 6.89. The molecule has 128 valence electrons. The van der Waals surface area contributed by atoms with Crippen LogP contribution in [0.2, 0.25) is 0 Å². The first-order valence-electron chi connectivity index (χ1n) is 8.35. The lowest BCUT2D eigenvalue weighted by Crippen LogP contribution is -2.25. The zero-order chi connectivity index (χ0) is 18.0. The minimum atomic E-state index is -0.154. The Morgan fingerprint density at radius 3 is 2.64 bits per heavy atom. The third-order valence-corrected chi connectivity index (χ3v) is 4.39. The zero-order valence-electron chi connectivity index (χ0n) is 14.7. The maximum absolute atomic E-state index is 12.5. The number of aromatic nitrogens is 2. The van der Waals surface area contributed by atoms with E-state index in [1.807, 2.05) is 38.1 Å². The van der Waals surface area contributed by atoms with Crippen LogP contribution in [0.4, 0.5) is 0 Å². The molecule has 0 fully saturated rings. The summed E-state index contributed by atoms with van der Waals surface area (Å²) in [5.74, 6) is -0.154. The predicted molar refractivity (Wildman–Crippen MR) is 98.8 cm³/mol. The van der Waals surface area contributed by atoms with Crippen LogP contribution < -0.4 is 10.9 Å². The second-order valence-electron chi connectivity index (χ2n) is 6.06. The van der Waals surface area contributed by atoms with E-state index in [9.17, 15) is 9.59 Å². The summed E-state index contributed by atoms with van der Waals surface area (Å²) in [4.78, 5) is 29.0. The Balaban J connectivity index is 1.89. The van der Waals surface area contributed by atoms with Gasteiger partial charge >= 0.3 is 0 Å². The van der Waals surface area contributed by atoms with E-state index in [1.54, 1.807) is 29.7 Å². The Hall–Kier alpha value is -2.95. The van der Waals surface area contributed by atoms with Crippen LogP contribution in [0.25, 0.3) is 11.0 Å². The van der Waals surface area contributed by atoms with Gasteiger partial charge < -0.3 is 9.88 Å². The first-order chi connectivity index (χ1) is 12.0. The lowest BCUT2D eigenvalue weighted by molar-refractivity contribution is 0.0951. The number of nitrogens with zero attached hydrogens (tertiary/aromatic N) is 2. The molecule has 0 unspecified atom stereocenters. The van der Waals surface area contributed by atoms with Gasteiger partial charge in [0.25, 0.3) is 11.5 Å². The Bertz CT molecular complexity index is 1010. The topological polar surface area (TPSA) is 64.0 Å². The Kier molecular flexibility index (Phi) is 4.65. The number of benzene rings is 2. The highest BCUT2D eigenvalue weighted by atomic mass is 16.1. The lowest BCUT2D eigenvalue weighted by Gasteiger charge is -2.11. The monoisotopic (exact) mass is 335 g/mol.